The smallest absolute Gasteiger partial charge is 0.0220 e. The van der Waals surface area contributed by atoms with Crippen molar-refractivity contribution in [3.8, 4) is 0 Å². The van der Waals surface area contributed by atoms with E-state index in [1.807, 2.05) is 0 Å². The van der Waals surface area contributed by atoms with Crippen LogP contribution in [0, 0.1) is 16.7 Å². The Morgan fingerprint density at radius 3 is 1.73 bits per heavy atom. The molecule has 0 spiro atoms. The van der Waals surface area contributed by atoms with E-state index < -0.39 is 0 Å². The SMILES string of the molecule is CC(C)(C)C1(C2CCC2)CC1. The van der Waals surface area contributed by atoms with E-state index in [1.165, 1.54) is 32.1 Å². The first kappa shape index (κ1) is 7.64. The van der Waals surface area contributed by atoms with Crippen molar-refractivity contribution in [2.75, 3.05) is 0 Å². The van der Waals surface area contributed by atoms with Crippen molar-refractivity contribution in [2.24, 2.45) is 16.7 Å². The topological polar surface area (TPSA) is 0 Å². The minimum Gasteiger partial charge on any atom is -0.0596 e. The molecule has 0 saturated heterocycles. The average molecular weight is 152 g/mol. The molecule has 11 heavy (non-hydrogen) atoms. The molecule has 0 heteroatoms. The molecule has 0 atom stereocenters. The molecular weight excluding hydrogens is 132 g/mol. The van der Waals surface area contributed by atoms with Crippen molar-refractivity contribution >= 4 is 0 Å². The molecule has 2 aliphatic carbocycles. The molecule has 0 heterocycles. The highest BCUT2D eigenvalue weighted by atomic mass is 14.6. The van der Waals surface area contributed by atoms with E-state index in [4.69, 9.17) is 0 Å². The summed E-state index contributed by atoms with van der Waals surface area (Å²) in [4.78, 5) is 0. The second-order valence-corrected chi connectivity index (χ2v) is 5.53. The zero-order valence-corrected chi connectivity index (χ0v) is 8.11. The maximum atomic E-state index is 2.43. The van der Waals surface area contributed by atoms with E-state index in [9.17, 15) is 0 Å². The van der Waals surface area contributed by atoms with Gasteiger partial charge in [-0.25, -0.2) is 0 Å². The molecule has 0 aromatic carbocycles. The highest BCUT2D eigenvalue weighted by Gasteiger charge is 2.57. The Bertz CT molecular complexity index is 153. The first-order valence-electron chi connectivity index (χ1n) is 5.06. The summed E-state index contributed by atoms with van der Waals surface area (Å²) in [5, 5.41) is 0. The molecule has 0 aromatic heterocycles. The van der Waals surface area contributed by atoms with Crippen LogP contribution >= 0.6 is 0 Å². The summed E-state index contributed by atoms with van der Waals surface area (Å²) in [6.07, 6.45) is 7.58. The Morgan fingerprint density at radius 2 is 1.64 bits per heavy atom. The van der Waals surface area contributed by atoms with Gasteiger partial charge < -0.3 is 0 Å². The van der Waals surface area contributed by atoms with Crippen LogP contribution in [-0.2, 0) is 0 Å². The summed E-state index contributed by atoms with van der Waals surface area (Å²) in [5.74, 6) is 1.10. The van der Waals surface area contributed by atoms with Crippen molar-refractivity contribution in [1.82, 2.24) is 0 Å². The molecular formula is C11H20. The second-order valence-electron chi connectivity index (χ2n) is 5.53. The lowest BCUT2D eigenvalue weighted by molar-refractivity contribution is 0.0724. The molecule has 64 valence electrons. The summed E-state index contributed by atoms with van der Waals surface area (Å²) in [6.45, 7) is 7.29. The number of hydrogen-bond acceptors (Lipinski definition) is 0. The predicted molar refractivity (Wildman–Crippen MR) is 48.5 cm³/mol. The van der Waals surface area contributed by atoms with E-state index in [1.54, 1.807) is 0 Å². The maximum absolute atomic E-state index is 2.43. The summed E-state index contributed by atoms with van der Waals surface area (Å²) >= 11 is 0. The molecule has 2 saturated carbocycles. The standard InChI is InChI=1S/C11H20/c1-10(2,3)11(7-8-11)9-5-4-6-9/h9H,4-8H2,1-3H3. The molecule has 0 amide bonds. The average Bonchev–Trinajstić information content (AvgIpc) is 2.37. The molecule has 0 bridgehead atoms. The van der Waals surface area contributed by atoms with Crippen LogP contribution in [0.4, 0.5) is 0 Å². The molecule has 2 rings (SSSR count). The Labute approximate surface area is 70.4 Å². The fraction of sp³-hybridized carbons (Fsp3) is 1.00. The number of rotatable bonds is 1. The van der Waals surface area contributed by atoms with Crippen molar-refractivity contribution < 1.29 is 0 Å². The van der Waals surface area contributed by atoms with Crippen LogP contribution in [0.15, 0.2) is 0 Å². The Hall–Kier alpha value is 0. The lowest BCUT2D eigenvalue weighted by Gasteiger charge is -2.42. The van der Waals surface area contributed by atoms with Crippen LogP contribution in [0.3, 0.4) is 0 Å². The highest BCUT2D eigenvalue weighted by molar-refractivity contribution is 5.07. The number of hydrogen-bond donors (Lipinski definition) is 0. The van der Waals surface area contributed by atoms with Crippen LogP contribution in [0.2, 0.25) is 0 Å². The van der Waals surface area contributed by atoms with Gasteiger partial charge in [0, 0.05) is 0 Å². The second kappa shape index (κ2) is 2.02. The fourth-order valence-corrected chi connectivity index (χ4v) is 2.87. The van der Waals surface area contributed by atoms with Crippen LogP contribution in [0.5, 0.6) is 0 Å². The van der Waals surface area contributed by atoms with Crippen LogP contribution in [0.25, 0.3) is 0 Å². The normalized spacial score (nSPS) is 29.7. The minimum absolute atomic E-state index is 0.581. The van der Waals surface area contributed by atoms with Gasteiger partial charge in [-0.05, 0) is 42.4 Å². The van der Waals surface area contributed by atoms with Gasteiger partial charge in [0.25, 0.3) is 0 Å². The fourth-order valence-electron chi connectivity index (χ4n) is 2.87. The first-order valence-corrected chi connectivity index (χ1v) is 5.06. The van der Waals surface area contributed by atoms with Crippen LogP contribution in [0.1, 0.15) is 52.9 Å². The largest absolute Gasteiger partial charge is 0.0596 e. The van der Waals surface area contributed by atoms with Crippen LogP contribution in [-0.4, -0.2) is 0 Å². The maximum Gasteiger partial charge on any atom is -0.0220 e. The van der Waals surface area contributed by atoms with Crippen molar-refractivity contribution in [2.45, 2.75) is 52.9 Å². The third kappa shape index (κ3) is 0.947. The van der Waals surface area contributed by atoms with E-state index in [2.05, 4.69) is 20.8 Å². The van der Waals surface area contributed by atoms with Gasteiger partial charge in [0.15, 0.2) is 0 Å². The predicted octanol–water partition coefficient (Wildman–Crippen LogP) is 3.61. The Morgan fingerprint density at radius 1 is 1.09 bits per heavy atom. The Balaban J connectivity index is 2.09. The minimum atomic E-state index is 0.581. The van der Waals surface area contributed by atoms with Crippen molar-refractivity contribution in [3.05, 3.63) is 0 Å². The van der Waals surface area contributed by atoms with Gasteiger partial charge in [-0.2, -0.15) is 0 Å². The zero-order chi connectivity index (χ0) is 8.11. The molecule has 0 nitrogen and oxygen atoms in total. The lowest BCUT2D eigenvalue weighted by Crippen LogP contribution is -2.34. The molecule has 2 aliphatic rings. The summed E-state index contributed by atoms with van der Waals surface area (Å²) in [6, 6.07) is 0. The zero-order valence-electron chi connectivity index (χ0n) is 8.11. The van der Waals surface area contributed by atoms with Gasteiger partial charge >= 0.3 is 0 Å². The molecule has 2 fully saturated rings. The molecule has 0 radical (unpaired) electrons. The lowest BCUT2D eigenvalue weighted by atomic mass is 9.63. The quantitative estimate of drug-likeness (QED) is 0.538. The van der Waals surface area contributed by atoms with Crippen molar-refractivity contribution in [1.29, 1.82) is 0 Å². The first-order chi connectivity index (χ1) is 5.06. The summed E-state index contributed by atoms with van der Waals surface area (Å²) in [5.41, 5.74) is 1.36. The third-order valence-electron chi connectivity index (χ3n) is 4.17. The molecule has 0 aromatic rings. The van der Waals surface area contributed by atoms with E-state index in [0.717, 1.165) is 11.3 Å². The van der Waals surface area contributed by atoms with E-state index in [-0.39, 0.29) is 0 Å². The van der Waals surface area contributed by atoms with Gasteiger partial charge in [0.2, 0.25) is 0 Å². The monoisotopic (exact) mass is 152 g/mol. The summed E-state index contributed by atoms with van der Waals surface area (Å²) < 4.78 is 0. The van der Waals surface area contributed by atoms with E-state index in [0.29, 0.717) is 5.41 Å². The molecule has 0 N–H and O–H groups in total. The van der Waals surface area contributed by atoms with Gasteiger partial charge in [0.1, 0.15) is 0 Å². The van der Waals surface area contributed by atoms with Gasteiger partial charge in [-0.3, -0.25) is 0 Å². The van der Waals surface area contributed by atoms with Gasteiger partial charge in [0.05, 0.1) is 0 Å². The molecule has 0 unspecified atom stereocenters. The highest BCUT2D eigenvalue weighted by Crippen LogP contribution is 2.67. The van der Waals surface area contributed by atoms with Gasteiger partial charge in [-0.1, -0.05) is 27.2 Å². The summed E-state index contributed by atoms with van der Waals surface area (Å²) in [7, 11) is 0. The Kier molecular flexibility index (Phi) is 1.41. The van der Waals surface area contributed by atoms with Crippen molar-refractivity contribution in [3.63, 3.8) is 0 Å². The van der Waals surface area contributed by atoms with Crippen LogP contribution < -0.4 is 0 Å². The van der Waals surface area contributed by atoms with E-state index >= 15 is 0 Å². The third-order valence-corrected chi connectivity index (χ3v) is 4.17. The van der Waals surface area contributed by atoms with Gasteiger partial charge in [-0.15, -0.1) is 0 Å². The molecule has 0 aliphatic heterocycles.